The Morgan fingerprint density at radius 1 is 1.27 bits per heavy atom. The van der Waals surface area contributed by atoms with Gasteiger partial charge in [0.25, 0.3) is 0 Å². The van der Waals surface area contributed by atoms with E-state index in [0.29, 0.717) is 29.5 Å². The summed E-state index contributed by atoms with van der Waals surface area (Å²) in [5.74, 6) is 1.71. The molecule has 7 nitrogen and oxygen atoms in total. The smallest absolute Gasteiger partial charge is 0.308 e. The van der Waals surface area contributed by atoms with Crippen LogP contribution in [0.2, 0.25) is 0 Å². The van der Waals surface area contributed by atoms with Gasteiger partial charge in [-0.3, -0.25) is 9.36 Å². The van der Waals surface area contributed by atoms with Crippen LogP contribution in [0.1, 0.15) is 56.3 Å². The third-order valence-electron chi connectivity index (χ3n) is 4.87. The van der Waals surface area contributed by atoms with Gasteiger partial charge in [-0.15, -0.1) is 0 Å². The number of aromatic nitrogens is 5. The van der Waals surface area contributed by atoms with E-state index in [1.54, 1.807) is 12.3 Å². The van der Waals surface area contributed by atoms with Crippen molar-refractivity contribution in [2.75, 3.05) is 0 Å². The first kappa shape index (κ1) is 16.8. The van der Waals surface area contributed by atoms with Gasteiger partial charge in [0.1, 0.15) is 5.82 Å². The summed E-state index contributed by atoms with van der Waals surface area (Å²) in [6, 6.07) is 3.93. The van der Waals surface area contributed by atoms with Crippen molar-refractivity contribution in [1.82, 2.24) is 24.5 Å². The maximum Gasteiger partial charge on any atom is 0.308 e. The fourth-order valence-electron chi connectivity index (χ4n) is 3.52. The number of hydrogen-bond donors (Lipinski definition) is 1. The molecular weight excluding hydrogens is 330 g/mol. The van der Waals surface area contributed by atoms with E-state index in [-0.39, 0.29) is 11.6 Å². The number of pyridine rings is 1. The summed E-state index contributed by atoms with van der Waals surface area (Å²) in [5.41, 5.74) is 1.78. The number of aryl methyl sites for hydroxylation is 2. The summed E-state index contributed by atoms with van der Waals surface area (Å²) >= 11 is 0. The van der Waals surface area contributed by atoms with E-state index in [0.717, 1.165) is 30.7 Å². The molecule has 7 heteroatoms. The van der Waals surface area contributed by atoms with Gasteiger partial charge in [-0.05, 0) is 31.7 Å². The SMILES string of the molecule is CCCn1c(Oc2ccc(C)cn2)nc(=O)c2[nH]c(C3CCCC3)nc21. The lowest BCUT2D eigenvalue weighted by molar-refractivity contribution is 0.390. The third-order valence-corrected chi connectivity index (χ3v) is 4.87. The highest BCUT2D eigenvalue weighted by Crippen LogP contribution is 2.33. The Balaban J connectivity index is 1.80. The van der Waals surface area contributed by atoms with E-state index in [1.165, 1.54) is 12.8 Å². The van der Waals surface area contributed by atoms with E-state index in [2.05, 4.69) is 21.9 Å². The van der Waals surface area contributed by atoms with Gasteiger partial charge in [-0.25, -0.2) is 9.97 Å². The van der Waals surface area contributed by atoms with E-state index >= 15 is 0 Å². The van der Waals surface area contributed by atoms with Crippen molar-refractivity contribution >= 4 is 11.2 Å². The molecule has 1 aliphatic rings. The molecule has 4 rings (SSSR count). The number of rotatable bonds is 5. The van der Waals surface area contributed by atoms with Crippen LogP contribution in [0.4, 0.5) is 0 Å². The Hall–Kier alpha value is -2.70. The van der Waals surface area contributed by atoms with Gasteiger partial charge in [-0.1, -0.05) is 25.8 Å². The highest BCUT2D eigenvalue weighted by molar-refractivity contribution is 5.70. The lowest BCUT2D eigenvalue weighted by Crippen LogP contribution is -2.16. The molecule has 3 aromatic heterocycles. The zero-order valence-corrected chi connectivity index (χ0v) is 15.2. The zero-order chi connectivity index (χ0) is 18.1. The highest BCUT2D eigenvalue weighted by Gasteiger charge is 2.23. The molecule has 136 valence electrons. The van der Waals surface area contributed by atoms with Crippen LogP contribution in [0.15, 0.2) is 23.1 Å². The molecular formula is C19H23N5O2. The second kappa shape index (κ2) is 6.90. The topological polar surface area (TPSA) is 85.7 Å². The molecule has 0 spiro atoms. The number of fused-ring (bicyclic) bond motifs is 1. The van der Waals surface area contributed by atoms with Crippen LogP contribution in [0.25, 0.3) is 11.2 Å². The summed E-state index contributed by atoms with van der Waals surface area (Å²) in [7, 11) is 0. The number of hydrogen-bond acceptors (Lipinski definition) is 5. The lowest BCUT2D eigenvalue weighted by atomic mass is 10.1. The van der Waals surface area contributed by atoms with Gasteiger partial charge < -0.3 is 9.72 Å². The fraction of sp³-hybridized carbons (Fsp3) is 0.474. The van der Waals surface area contributed by atoms with Crippen LogP contribution in [0, 0.1) is 6.92 Å². The zero-order valence-electron chi connectivity index (χ0n) is 15.2. The molecule has 0 aliphatic heterocycles. The number of ether oxygens (including phenoxy) is 1. The first-order chi connectivity index (χ1) is 12.7. The molecule has 0 unspecified atom stereocenters. The molecule has 0 radical (unpaired) electrons. The first-order valence-corrected chi connectivity index (χ1v) is 9.26. The summed E-state index contributed by atoms with van der Waals surface area (Å²) in [6.45, 7) is 4.70. The standard InChI is InChI=1S/C19H23N5O2/c1-3-10-24-17-15(21-16(22-17)13-6-4-5-7-13)18(25)23-19(24)26-14-9-8-12(2)11-20-14/h8-9,11,13H,3-7,10H2,1-2H3,(H,21,22). The lowest BCUT2D eigenvalue weighted by Gasteiger charge is -2.12. The monoisotopic (exact) mass is 353 g/mol. The van der Waals surface area contributed by atoms with Crippen molar-refractivity contribution < 1.29 is 4.74 Å². The molecule has 26 heavy (non-hydrogen) atoms. The molecule has 0 aromatic carbocycles. The first-order valence-electron chi connectivity index (χ1n) is 9.26. The van der Waals surface area contributed by atoms with Gasteiger partial charge in [0.05, 0.1) is 0 Å². The second-order valence-corrected chi connectivity index (χ2v) is 6.93. The predicted octanol–water partition coefficient (Wildman–Crippen LogP) is 3.68. The molecule has 1 fully saturated rings. The van der Waals surface area contributed by atoms with Crippen LogP contribution < -0.4 is 10.3 Å². The summed E-state index contributed by atoms with van der Waals surface area (Å²) < 4.78 is 7.70. The minimum atomic E-state index is -0.341. The molecule has 0 bridgehead atoms. The maximum absolute atomic E-state index is 12.5. The quantitative estimate of drug-likeness (QED) is 0.756. The van der Waals surface area contributed by atoms with E-state index in [9.17, 15) is 4.79 Å². The molecule has 1 saturated carbocycles. The maximum atomic E-state index is 12.5. The van der Waals surface area contributed by atoms with Crippen molar-refractivity contribution in [3.8, 4) is 11.9 Å². The Morgan fingerprint density at radius 3 is 2.77 bits per heavy atom. The molecule has 0 amide bonds. The van der Waals surface area contributed by atoms with Crippen LogP contribution >= 0.6 is 0 Å². The number of H-pyrrole nitrogens is 1. The van der Waals surface area contributed by atoms with Crippen molar-refractivity contribution in [3.05, 3.63) is 40.1 Å². The average molecular weight is 353 g/mol. The molecule has 0 atom stereocenters. The Morgan fingerprint density at radius 2 is 2.08 bits per heavy atom. The average Bonchev–Trinajstić information content (AvgIpc) is 3.30. The van der Waals surface area contributed by atoms with Crippen LogP contribution in [-0.4, -0.2) is 24.5 Å². The summed E-state index contributed by atoms with van der Waals surface area (Å²) in [4.78, 5) is 28.9. The van der Waals surface area contributed by atoms with E-state index < -0.39 is 0 Å². The largest absolute Gasteiger partial charge is 0.406 e. The number of imidazole rings is 1. The Bertz CT molecular complexity index is 968. The molecule has 3 aromatic rings. The number of aromatic amines is 1. The normalized spacial score (nSPS) is 15.0. The molecule has 3 heterocycles. The van der Waals surface area contributed by atoms with Crippen molar-refractivity contribution in [2.45, 2.75) is 58.4 Å². The molecule has 1 N–H and O–H groups in total. The summed E-state index contributed by atoms with van der Waals surface area (Å²) in [5, 5.41) is 0. The summed E-state index contributed by atoms with van der Waals surface area (Å²) in [6.07, 6.45) is 7.27. The van der Waals surface area contributed by atoms with Gasteiger partial charge in [0, 0.05) is 24.7 Å². The van der Waals surface area contributed by atoms with Crippen LogP contribution in [0.5, 0.6) is 11.9 Å². The number of nitrogens with zero attached hydrogens (tertiary/aromatic N) is 4. The fourth-order valence-corrected chi connectivity index (χ4v) is 3.52. The highest BCUT2D eigenvalue weighted by atomic mass is 16.5. The minimum Gasteiger partial charge on any atom is -0.406 e. The van der Waals surface area contributed by atoms with Gasteiger partial charge in [0.15, 0.2) is 11.2 Å². The van der Waals surface area contributed by atoms with Gasteiger partial charge >= 0.3 is 11.6 Å². The Labute approximate surface area is 151 Å². The minimum absolute atomic E-state index is 0.241. The Kier molecular flexibility index (Phi) is 4.44. The molecule has 1 aliphatic carbocycles. The van der Waals surface area contributed by atoms with Gasteiger partial charge in [-0.2, -0.15) is 4.98 Å². The second-order valence-electron chi connectivity index (χ2n) is 6.93. The van der Waals surface area contributed by atoms with Crippen molar-refractivity contribution in [2.24, 2.45) is 0 Å². The van der Waals surface area contributed by atoms with Crippen molar-refractivity contribution in [1.29, 1.82) is 0 Å². The number of nitrogens with one attached hydrogen (secondary N) is 1. The molecule has 0 saturated heterocycles. The van der Waals surface area contributed by atoms with Crippen LogP contribution in [-0.2, 0) is 6.54 Å². The van der Waals surface area contributed by atoms with Gasteiger partial charge in [0.2, 0.25) is 5.88 Å². The third kappa shape index (κ3) is 3.09. The van der Waals surface area contributed by atoms with E-state index in [4.69, 9.17) is 9.72 Å². The predicted molar refractivity (Wildman–Crippen MR) is 98.7 cm³/mol. The van der Waals surface area contributed by atoms with Crippen molar-refractivity contribution in [3.63, 3.8) is 0 Å². The van der Waals surface area contributed by atoms with Crippen LogP contribution in [0.3, 0.4) is 0 Å². The van der Waals surface area contributed by atoms with E-state index in [1.807, 2.05) is 17.6 Å².